The van der Waals surface area contributed by atoms with Gasteiger partial charge in [-0.1, -0.05) is 30.7 Å². The second-order valence-electron chi connectivity index (χ2n) is 7.56. The van der Waals surface area contributed by atoms with Crippen LogP contribution in [0.3, 0.4) is 0 Å². The maximum atomic E-state index is 12.8. The van der Waals surface area contributed by atoms with Crippen LogP contribution in [-0.4, -0.2) is 54.5 Å². The van der Waals surface area contributed by atoms with Crippen LogP contribution in [0.4, 0.5) is 5.69 Å². The van der Waals surface area contributed by atoms with Gasteiger partial charge in [-0.3, -0.25) is 9.59 Å². The van der Waals surface area contributed by atoms with Crippen LogP contribution in [-0.2, 0) is 19.6 Å². The molecule has 172 valence electrons. The number of piperidine rings is 1. The van der Waals surface area contributed by atoms with Crippen LogP contribution in [0.5, 0.6) is 0 Å². The predicted octanol–water partition coefficient (Wildman–Crippen LogP) is 1.89. The highest BCUT2D eigenvalue weighted by Gasteiger charge is 2.26. The van der Waals surface area contributed by atoms with E-state index in [1.807, 2.05) is 0 Å². The van der Waals surface area contributed by atoms with Crippen molar-refractivity contribution in [1.29, 1.82) is 0 Å². The van der Waals surface area contributed by atoms with Gasteiger partial charge in [0.05, 0.1) is 10.3 Å². The summed E-state index contributed by atoms with van der Waals surface area (Å²) in [4.78, 5) is 36.6. The number of aromatic amines is 1. The van der Waals surface area contributed by atoms with Crippen molar-refractivity contribution in [3.8, 4) is 0 Å². The summed E-state index contributed by atoms with van der Waals surface area (Å²) < 4.78 is 32.2. The zero-order valence-electron chi connectivity index (χ0n) is 17.6. The monoisotopic (exact) mass is 470 g/mol. The number of hydrogen-bond donors (Lipinski definition) is 2. The van der Waals surface area contributed by atoms with Crippen molar-refractivity contribution < 1.29 is 22.7 Å². The summed E-state index contributed by atoms with van der Waals surface area (Å²) in [5.74, 6) is -1.52. The number of fused-ring (bicyclic) bond motifs is 1. The lowest BCUT2D eigenvalue weighted by molar-refractivity contribution is -0.119. The lowest BCUT2D eigenvalue weighted by atomic mass is 10.1. The molecular formula is C22H22N4O6S. The Morgan fingerprint density at radius 1 is 1.03 bits per heavy atom. The summed E-state index contributed by atoms with van der Waals surface area (Å²) in [6.45, 7) is 0.335. The Hall–Kier alpha value is -3.57. The Balaban J connectivity index is 1.42. The number of carbonyl (C=O) groups excluding carboxylic acids is 2. The van der Waals surface area contributed by atoms with E-state index in [-0.39, 0.29) is 21.7 Å². The van der Waals surface area contributed by atoms with Gasteiger partial charge in [0.2, 0.25) is 10.0 Å². The van der Waals surface area contributed by atoms with Gasteiger partial charge in [-0.25, -0.2) is 18.3 Å². The summed E-state index contributed by atoms with van der Waals surface area (Å²) >= 11 is 0. The topological polar surface area (TPSA) is 139 Å². The molecule has 0 saturated carbocycles. The first-order valence-corrected chi connectivity index (χ1v) is 11.8. The summed E-state index contributed by atoms with van der Waals surface area (Å²) in [5.41, 5.74) is -0.298. The minimum absolute atomic E-state index is 0.0862. The molecule has 1 aliphatic rings. The van der Waals surface area contributed by atoms with Crippen LogP contribution >= 0.6 is 0 Å². The summed E-state index contributed by atoms with van der Waals surface area (Å²) in [5, 5.41) is 9.08. The van der Waals surface area contributed by atoms with Gasteiger partial charge in [0.15, 0.2) is 12.3 Å². The molecule has 3 aromatic rings. The largest absolute Gasteiger partial charge is 0.451 e. The van der Waals surface area contributed by atoms with Gasteiger partial charge >= 0.3 is 5.97 Å². The second kappa shape index (κ2) is 9.51. The fraction of sp³-hybridized carbons (Fsp3) is 0.273. The standard InChI is InChI=1S/C22H22N4O6S/c27-19(14-32-22(29)20-17-9-2-3-10-18(17)21(28)25-24-20)23-15-7-6-8-16(13-15)33(30,31)26-11-4-1-5-12-26/h2-3,6-10,13H,1,4-5,11-12,14H2,(H,23,27)(H,25,28). The van der Waals surface area contributed by atoms with Crippen LogP contribution in [0.2, 0.25) is 0 Å². The molecule has 0 spiro atoms. The maximum Gasteiger partial charge on any atom is 0.359 e. The Morgan fingerprint density at radius 3 is 2.52 bits per heavy atom. The Morgan fingerprint density at radius 2 is 1.76 bits per heavy atom. The molecule has 2 heterocycles. The molecule has 1 aliphatic heterocycles. The quantitative estimate of drug-likeness (QED) is 0.525. The molecule has 0 aliphatic carbocycles. The molecule has 1 fully saturated rings. The van der Waals surface area contributed by atoms with Gasteiger partial charge < -0.3 is 10.1 Å². The zero-order chi connectivity index (χ0) is 23.4. The average molecular weight is 471 g/mol. The molecule has 1 saturated heterocycles. The third-order valence-corrected chi connectivity index (χ3v) is 7.19. The molecular weight excluding hydrogens is 448 g/mol. The first kappa shape index (κ1) is 22.6. The molecule has 2 N–H and O–H groups in total. The molecule has 10 nitrogen and oxygen atoms in total. The minimum atomic E-state index is -3.65. The first-order valence-electron chi connectivity index (χ1n) is 10.4. The van der Waals surface area contributed by atoms with Gasteiger partial charge in [-0.05, 0) is 37.1 Å². The second-order valence-corrected chi connectivity index (χ2v) is 9.50. The van der Waals surface area contributed by atoms with Crippen LogP contribution in [0.15, 0.2) is 58.2 Å². The molecule has 11 heteroatoms. The number of ether oxygens (including phenoxy) is 1. The fourth-order valence-corrected chi connectivity index (χ4v) is 5.22. The normalized spacial score (nSPS) is 14.7. The Kier molecular flexibility index (Phi) is 6.52. The number of nitrogens with zero attached hydrogens (tertiary/aromatic N) is 2. The highest BCUT2D eigenvalue weighted by atomic mass is 32.2. The van der Waals surface area contributed by atoms with E-state index >= 15 is 0 Å². The average Bonchev–Trinajstić information content (AvgIpc) is 2.84. The number of H-pyrrole nitrogens is 1. The lowest BCUT2D eigenvalue weighted by Crippen LogP contribution is -2.35. The third kappa shape index (κ3) is 4.94. The summed E-state index contributed by atoms with van der Waals surface area (Å²) in [6, 6.07) is 12.3. The van der Waals surface area contributed by atoms with Crippen molar-refractivity contribution in [2.24, 2.45) is 0 Å². The first-order chi connectivity index (χ1) is 15.9. The summed E-state index contributed by atoms with van der Waals surface area (Å²) in [7, 11) is -3.65. The van der Waals surface area contributed by atoms with Gasteiger partial charge in [-0.15, -0.1) is 0 Å². The maximum absolute atomic E-state index is 12.8. The van der Waals surface area contributed by atoms with Crippen molar-refractivity contribution in [3.63, 3.8) is 0 Å². The predicted molar refractivity (Wildman–Crippen MR) is 120 cm³/mol. The highest BCUT2D eigenvalue weighted by Crippen LogP contribution is 2.23. The van der Waals surface area contributed by atoms with Crippen LogP contribution in [0.25, 0.3) is 10.8 Å². The van der Waals surface area contributed by atoms with E-state index in [4.69, 9.17) is 4.74 Å². The van der Waals surface area contributed by atoms with E-state index in [0.717, 1.165) is 19.3 Å². The molecule has 0 bridgehead atoms. The zero-order valence-corrected chi connectivity index (χ0v) is 18.4. The number of nitrogens with one attached hydrogen (secondary N) is 2. The lowest BCUT2D eigenvalue weighted by Gasteiger charge is -2.26. The highest BCUT2D eigenvalue weighted by molar-refractivity contribution is 7.89. The van der Waals surface area contributed by atoms with Gasteiger partial charge in [-0.2, -0.15) is 9.40 Å². The number of sulfonamides is 1. The molecule has 1 aromatic heterocycles. The third-order valence-electron chi connectivity index (χ3n) is 5.29. The number of carbonyl (C=O) groups is 2. The molecule has 0 unspecified atom stereocenters. The SMILES string of the molecule is O=C(COC(=O)c1n[nH]c(=O)c2ccccc12)Nc1cccc(S(=O)(=O)N2CCCCC2)c1. The number of hydrogen-bond acceptors (Lipinski definition) is 7. The van der Waals surface area contributed by atoms with E-state index < -0.39 is 34.1 Å². The van der Waals surface area contributed by atoms with E-state index in [0.29, 0.717) is 18.5 Å². The number of anilines is 1. The van der Waals surface area contributed by atoms with E-state index in [1.165, 1.54) is 22.5 Å². The fourth-order valence-electron chi connectivity index (χ4n) is 3.66. The van der Waals surface area contributed by atoms with Crippen molar-refractivity contribution in [2.75, 3.05) is 25.0 Å². The number of benzene rings is 2. The van der Waals surface area contributed by atoms with E-state index in [9.17, 15) is 22.8 Å². The minimum Gasteiger partial charge on any atom is -0.451 e. The van der Waals surface area contributed by atoms with Crippen molar-refractivity contribution >= 4 is 38.4 Å². The Bertz CT molecular complexity index is 1360. The van der Waals surface area contributed by atoms with Gasteiger partial charge in [0, 0.05) is 24.2 Å². The van der Waals surface area contributed by atoms with Gasteiger partial charge in [0.25, 0.3) is 11.5 Å². The van der Waals surface area contributed by atoms with Crippen LogP contribution < -0.4 is 10.9 Å². The van der Waals surface area contributed by atoms with Gasteiger partial charge in [0.1, 0.15) is 0 Å². The molecule has 33 heavy (non-hydrogen) atoms. The smallest absolute Gasteiger partial charge is 0.359 e. The number of amides is 1. The molecule has 0 radical (unpaired) electrons. The number of esters is 1. The summed E-state index contributed by atoms with van der Waals surface area (Å²) in [6.07, 6.45) is 2.64. The molecule has 0 atom stereocenters. The van der Waals surface area contributed by atoms with E-state index in [2.05, 4.69) is 15.5 Å². The van der Waals surface area contributed by atoms with Crippen LogP contribution in [0.1, 0.15) is 29.8 Å². The number of aromatic nitrogens is 2. The van der Waals surface area contributed by atoms with Crippen molar-refractivity contribution in [3.05, 3.63) is 64.6 Å². The molecule has 4 rings (SSSR count). The Labute approximate surface area is 189 Å². The molecule has 2 aromatic carbocycles. The number of rotatable bonds is 6. The van der Waals surface area contributed by atoms with Crippen molar-refractivity contribution in [1.82, 2.24) is 14.5 Å². The van der Waals surface area contributed by atoms with E-state index in [1.54, 1.807) is 30.3 Å². The van der Waals surface area contributed by atoms with Crippen molar-refractivity contribution in [2.45, 2.75) is 24.2 Å². The van der Waals surface area contributed by atoms with Crippen LogP contribution in [0, 0.1) is 0 Å². The molecule has 1 amide bonds.